The minimum Gasteiger partial charge on any atom is -0.478 e. The van der Waals surface area contributed by atoms with Crippen molar-refractivity contribution in [2.24, 2.45) is 0 Å². The second kappa shape index (κ2) is 8.98. The van der Waals surface area contributed by atoms with E-state index in [0.29, 0.717) is 11.2 Å². The van der Waals surface area contributed by atoms with E-state index in [0.717, 1.165) is 23.1 Å². The number of aryl methyl sites for hydroxylation is 1. The van der Waals surface area contributed by atoms with E-state index in [-0.39, 0.29) is 16.6 Å². The maximum Gasteiger partial charge on any atom is 0.336 e. The SMILES string of the molecule is CCCCc1ccc(-c2ccc(-c3cc(C(=O)O)c4cc([N+](=O)[O-])ccc4n3)cc2)cc1. The number of aromatic nitrogens is 1. The first-order valence-electron chi connectivity index (χ1n) is 10.5. The molecule has 4 rings (SSSR count). The quantitative estimate of drug-likeness (QED) is 0.268. The van der Waals surface area contributed by atoms with E-state index >= 15 is 0 Å². The highest BCUT2D eigenvalue weighted by molar-refractivity contribution is 6.04. The molecule has 0 unspecified atom stereocenters. The van der Waals surface area contributed by atoms with Gasteiger partial charge in [-0.25, -0.2) is 9.78 Å². The van der Waals surface area contributed by atoms with Gasteiger partial charge in [-0.3, -0.25) is 10.1 Å². The number of benzene rings is 3. The van der Waals surface area contributed by atoms with Gasteiger partial charge in [0.2, 0.25) is 0 Å². The fourth-order valence-electron chi connectivity index (χ4n) is 3.73. The van der Waals surface area contributed by atoms with Gasteiger partial charge in [0.05, 0.1) is 21.7 Å². The van der Waals surface area contributed by atoms with Crippen molar-refractivity contribution >= 4 is 22.6 Å². The Morgan fingerprint density at radius 2 is 1.56 bits per heavy atom. The second-order valence-corrected chi connectivity index (χ2v) is 7.70. The van der Waals surface area contributed by atoms with E-state index in [2.05, 4.69) is 36.2 Å². The number of nitro benzene ring substituents is 1. The van der Waals surface area contributed by atoms with Crippen molar-refractivity contribution in [1.82, 2.24) is 4.98 Å². The molecular formula is C26H22N2O4. The van der Waals surface area contributed by atoms with Crippen LogP contribution >= 0.6 is 0 Å². The van der Waals surface area contributed by atoms with Crippen LogP contribution in [-0.2, 0) is 6.42 Å². The van der Waals surface area contributed by atoms with Crippen molar-refractivity contribution in [3.8, 4) is 22.4 Å². The van der Waals surface area contributed by atoms with Gasteiger partial charge in [0.25, 0.3) is 5.69 Å². The van der Waals surface area contributed by atoms with E-state index in [1.54, 1.807) is 0 Å². The van der Waals surface area contributed by atoms with Crippen molar-refractivity contribution in [2.75, 3.05) is 0 Å². The van der Waals surface area contributed by atoms with E-state index in [9.17, 15) is 20.0 Å². The Balaban J connectivity index is 1.67. The third-order valence-electron chi connectivity index (χ3n) is 5.52. The predicted molar refractivity (Wildman–Crippen MR) is 125 cm³/mol. The predicted octanol–water partition coefficient (Wildman–Crippen LogP) is 6.52. The molecule has 0 radical (unpaired) electrons. The summed E-state index contributed by atoms with van der Waals surface area (Å²) in [5.74, 6) is -1.15. The molecule has 0 saturated heterocycles. The van der Waals surface area contributed by atoms with Crippen LogP contribution in [0.4, 0.5) is 5.69 Å². The number of rotatable bonds is 7. The Labute approximate surface area is 185 Å². The van der Waals surface area contributed by atoms with Gasteiger partial charge in [-0.05, 0) is 41.7 Å². The number of pyridine rings is 1. The van der Waals surface area contributed by atoms with Crippen LogP contribution in [0.15, 0.2) is 72.8 Å². The Hall–Kier alpha value is -4.06. The lowest BCUT2D eigenvalue weighted by atomic mass is 9.99. The molecule has 0 aliphatic rings. The number of carboxylic acids is 1. The summed E-state index contributed by atoms with van der Waals surface area (Å²) in [5, 5.41) is 21.0. The molecule has 1 heterocycles. The van der Waals surface area contributed by atoms with Gasteiger partial charge < -0.3 is 5.11 Å². The topological polar surface area (TPSA) is 93.3 Å². The summed E-state index contributed by atoms with van der Waals surface area (Å²) >= 11 is 0. The first-order valence-corrected chi connectivity index (χ1v) is 10.5. The van der Waals surface area contributed by atoms with Crippen LogP contribution in [0.25, 0.3) is 33.3 Å². The number of unbranched alkanes of at least 4 members (excludes halogenated alkanes) is 1. The molecule has 0 amide bonds. The number of non-ortho nitro benzene ring substituents is 1. The maximum atomic E-state index is 11.8. The second-order valence-electron chi connectivity index (χ2n) is 7.70. The Morgan fingerprint density at radius 3 is 2.16 bits per heavy atom. The summed E-state index contributed by atoms with van der Waals surface area (Å²) in [7, 11) is 0. The molecule has 0 aliphatic heterocycles. The van der Waals surface area contributed by atoms with Crippen molar-refractivity contribution in [3.05, 3.63) is 94.0 Å². The van der Waals surface area contributed by atoms with Crippen molar-refractivity contribution in [1.29, 1.82) is 0 Å². The van der Waals surface area contributed by atoms with Crippen LogP contribution in [0.1, 0.15) is 35.7 Å². The molecule has 32 heavy (non-hydrogen) atoms. The molecule has 4 aromatic rings. The smallest absolute Gasteiger partial charge is 0.336 e. The van der Waals surface area contributed by atoms with E-state index in [4.69, 9.17) is 0 Å². The minimum atomic E-state index is -1.15. The van der Waals surface area contributed by atoms with Gasteiger partial charge in [0.1, 0.15) is 0 Å². The van der Waals surface area contributed by atoms with Crippen molar-refractivity contribution < 1.29 is 14.8 Å². The minimum absolute atomic E-state index is 0.0135. The van der Waals surface area contributed by atoms with Crippen LogP contribution in [0.5, 0.6) is 0 Å². The number of hydrogen-bond donors (Lipinski definition) is 1. The average molecular weight is 426 g/mol. The van der Waals surface area contributed by atoms with Gasteiger partial charge in [-0.2, -0.15) is 0 Å². The van der Waals surface area contributed by atoms with E-state index in [1.165, 1.54) is 42.7 Å². The molecule has 0 atom stereocenters. The Kier molecular flexibility index (Phi) is 5.94. The van der Waals surface area contributed by atoms with Crippen molar-refractivity contribution in [3.63, 3.8) is 0 Å². The van der Waals surface area contributed by atoms with Gasteiger partial charge in [0, 0.05) is 23.1 Å². The van der Waals surface area contributed by atoms with Gasteiger partial charge in [0.15, 0.2) is 0 Å². The molecule has 160 valence electrons. The van der Waals surface area contributed by atoms with Crippen LogP contribution in [0.2, 0.25) is 0 Å². The maximum absolute atomic E-state index is 11.8. The van der Waals surface area contributed by atoms with Crippen LogP contribution in [0.3, 0.4) is 0 Å². The molecule has 3 aromatic carbocycles. The summed E-state index contributed by atoms with van der Waals surface area (Å²) in [4.78, 5) is 26.9. The zero-order chi connectivity index (χ0) is 22.7. The lowest BCUT2D eigenvalue weighted by Crippen LogP contribution is -2.01. The number of carbonyl (C=O) groups is 1. The zero-order valence-corrected chi connectivity index (χ0v) is 17.6. The van der Waals surface area contributed by atoms with Gasteiger partial charge in [-0.15, -0.1) is 0 Å². The monoisotopic (exact) mass is 426 g/mol. The summed E-state index contributed by atoms with van der Waals surface area (Å²) < 4.78 is 0. The van der Waals surface area contributed by atoms with E-state index in [1.807, 2.05) is 24.3 Å². The van der Waals surface area contributed by atoms with E-state index < -0.39 is 10.9 Å². The molecule has 0 saturated carbocycles. The lowest BCUT2D eigenvalue weighted by molar-refractivity contribution is -0.384. The molecule has 1 N–H and O–H groups in total. The lowest BCUT2D eigenvalue weighted by Gasteiger charge is -2.09. The highest BCUT2D eigenvalue weighted by Crippen LogP contribution is 2.29. The largest absolute Gasteiger partial charge is 0.478 e. The number of nitro groups is 1. The Bertz CT molecular complexity index is 1300. The Morgan fingerprint density at radius 1 is 0.938 bits per heavy atom. The van der Waals surface area contributed by atoms with Crippen LogP contribution < -0.4 is 0 Å². The number of nitrogens with zero attached hydrogens (tertiary/aromatic N) is 2. The summed E-state index contributed by atoms with van der Waals surface area (Å²) in [6.45, 7) is 2.18. The molecule has 1 aromatic heterocycles. The van der Waals surface area contributed by atoms with Crippen molar-refractivity contribution in [2.45, 2.75) is 26.2 Å². The highest BCUT2D eigenvalue weighted by atomic mass is 16.6. The zero-order valence-electron chi connectivity index (χ0n) is 17.6. The van der Waals surface area contributed by atoms with Gasteiger partial charge in [-0.1, -0.05) is 61.9 Å². The number of aromatic carboxylic acids is 1. The third-order valence-corrected chi connectivity index (χ3v) is 5.52. The fourth-order valence-corrected chi connectivity index (χ4v) is 3.73. The highest BCUT2D eigenvalue weighted by Gasteiger charge is 2.16. The first kappa shape index (κ1) is 21.2. The third kappa shape index (κ3) is 4.34. The first-order chi connectivity index (χ1) is 15.5. The standard InChI is InChI=1S/C26H22N2O4/c1-2-3-4-17-5-7-18(8-6-17)19-9-11-20(12-10-19)25-16-23(26(29)30)22-15-21(28(31)32)13-14-24(22)27-25/h5-16H,2-4H2,1H3,(H,29,30). The molecule has 0 spiro atoms. The molecule has 0 bridgehead atoms. The fraction of sp³-hybridized carbons (Fsp3) is 0.154. The molecule has 6 heteroatoms. The number of carboxylic acid groups (broad SMARTS) is 1. The average Bonchev–Trinajstić information content (AvgIpc) is 2.82. The number of fused-ring (bicyclic) bond motifs is 1. The molecule has 6 nitrogen and oxygen atoms in total. The van der Waals surface area contributed by atoms with Crippen LogP contribution in [-0.4, -0.2) is 21.0 Å². The van der Waals surface area contributed by atoms with Gasteiger partial charge >= 0.3 is 5.97 Å². The van der Waals surface area contributed by atoms with Crippen LogP contribution in [0, 0.1) is 10.1 Å². The molecular weight excluding hydrogens is 404 g/mol. The molecule has 0 fully saturated rings. The summed E-state index contributed by atoms with van der Waals surface area (Å²) in [5.41, 5.74) is 5.00. The summed E-state index contributed by atoms with van der Waals surface area (Å²) in [6.07, 6.45) is 3.43. The molecule has 0 aliphatic carbocycles. The normalized spacial score (nSPS) is 10.9. The summed E-state index contributed by atoms with van der Waals surface area (Å²) in [6, 6.07) is 21.9. The number of hydrogen-bond acceptors (Lipinski definition) is 4.